The van der Waals surface area contributed by atoms with Gasteiger partial charge in [0.25, 0.3) is 11.7 Å². The van der Waals surface area contributed by atoms with Crippen LogP contribution in [0.2, 0.25) is 0 Å². The minimum Gasteiger partial charge on any atom is -0.360 e. The first-order valence-corrected chi connectivity index (χ1v) is 6.18. The predicted octanol–water partition coefficient (Wildman–Crippen LogP) is 2.36. The van der Waals surface area contributed by atoms with Crippen LogP contribution in [0.5, 0.6) is 0 Å². The van der Waals surface area contributed by atoms with Crippen molar-refractivity contribution >= 4 is 22.6 Å². The maximum absolute atomic E-state index is 13.1. The SMILES string of the molecule is CCN(CC)C(=O)C(=O)c1c[nH]c2cc(F)ccc12. The van der Waals surface area contributed by atoms with E-state index in [-0.39, 0.29) is 11.4 Å². The highest BCUT2D eigenvalue weighted by molar-refractivity contribution is 6.44. The largest absolute Gasteiger partial charge is 0.360 e. The van der Waals surface area contributed by atoms with Crippen LogP contribution in [0.1, 0.15) is 24.2 Å². The Morgan fingerprint density at radius 3 is 2.58 bits per heavy atom. The first kappa shape index (κ1) is 13.3. The second-order valence-corrected chi connectivity index (χ2v) is 4.20. The monoisotopic (exact) mass is 262 g/mol. The number of amides is 1. The number of hydrogen-bond donors (Lipinski definition) is 1. The fourth-order valence-electron chi connectivity index (χ4n) is 2.06. The van der Waals surface area contributed by atoms with Gasteiger partial charge in [0.15, 0.2) is 0 Å². The third-order valence-electron chi connectivity index (χ3n) is 3.13. The van der Waals surface area contributed by atoms with Crippen molar-refractivity contribution in [2.75, 3.05) is 13.1 Å². The van der Waals surface area contributed by atoms with E-state index < -0.39 is 11.7 Å². The Labute approximate surface area is 110 Å². The molecule has 0 aliphatic carbocycles. The molecule has 0 spiro atoms. The zero-order valence-electron chi connectivity index (χ0n) is 10.9. The molecule has 0 fully saturated rings. The van der Waals surface area contributed by atoms with Gasteiger partial charge >= 0.3 is 0 Å². The molecule has 1 aromatic heterocycles. The molecule has 4 nitrogen and oxygen atoms in total. The number of aromatic nitrogens is 1. The Balaban J connectivity index is 2.39. The molecule has 0 atom stereocenters. The summed E-state index contributed by atoms with van der Waals surface area (Å²) in [6.07, 6.45) is 1.45. The van der Waals surface area contributed by atoms with Crippen molar-refractivity contribution in [1.29, 1.82) is 0 Å². The number of likely N-dealkylation sites (N-methyl/N-ethyl adjacent to an activating group) is 1. The molecule has 1 N–H and O–H groups in total. The first-order valence-electron chi connectivity index (χ1n) is 6.18. The third-order valence-corrected chi connectivity index (χ3v) is 3.13. The number of aromatic amines is 1. The number of ketones is 1. The molecular weight excluding hydrogens is 247 g/mol. The minimum atomic E-state index is -0.568. The van der Waals surface area contributed by atoms with E-state index in [2.05, 4.69) is 4.98 Å². The van der Waals surface area contributed by atoms with Crippen molar-refractivity contribution in [2.45, 2.75) is 13.8 Å². The standard InChI is InChI=1S/C14H15FN2O2/c1-3-17(4-2)14(19)13(18)11-8-16-12-7-9(15)5-6-10(11)12/h5-8,16H,3-4H2,1-2H3. The summed E-state index contributed by atoms with van der Waals surface area (Å²) in [5.41, 5.74) is 0.794. The summed E-state index contributed by atoms with van der Waals surface area (Å²) in [6.45, 7) is 4.61. The van der Waals surface area contributed by atoms with Gasteiger partial charge in [0.1, 0.15) is 5.82 Å². The molecule has 5 heteroatoms. The smallest absolute Gasteiger partial charge is 0.295 e. The molecule has 1 amide bonds. The number of halogens is 1. The maximum atomic E-state index is 13.1. The number of carbonyl (C=O) groups excluding carboxylic acids is 2. The molecule has 0 saturated carbocycles. The molecule has 0 saturated heterocycles. The summed E-state index contributed by atoms with van der Waals surface area (Å²) in [5, 5.41) is 0.562. The quantitative estimate of drug-likeness (QED) is 0.679. The summed E-state index contributed by atoms with van der Waals surface area (Å²) < 4.78 is 13.1. The summed E-state index contributed by atoms with van der Waals surface area (Å²) >= 11 is 0. The zero-order valence-corrected chi connectivity index (χ0v) is 10.9. The zero-order chi connectivity index (χ0) is 14.0. The molecule has 100 valence electrons. The van der Waals surface area contributed by atoms with E-state index in [0.29, 0.717) is 24.0 Å². The van der Waals surface area contributed by atoms with Gasteiger partial charge in [-0.15, -0.1) is 0 Å². The lowest BCUT2D eigenvalue weighted by molar-refractivity contribution is -0.126. The maximum Gasteiger partial charge on any atom is 0.295 e. The Morgan fingerprint density at radius 1 is 1.26 bits per heavy atom. The van der Waals surface area contributed by atoms with E-state index in [1.165, 1.54) is 29.3 Å². The number of rotatable bonds is 4. The van der Waals surface area contributed by atoms with Gasteiger partial charge in [0.05, 0.1) is 5.56 Å². The Hall–Kier alpha value is -2.17. The van der Waals surface area contributed by atoms with Gasteiger partial charge in [-0.3, -0.25) is 9.59 Å². The first-order chi connectivity index (χ1) is 9.08. The van der Waals surface area contributed by atoms with Crippen molar-refractivity contribution in [3.8, 4) is 0 Å². The van der Waals surface area contributed by atoms with Gasteiger partial charge < -0.3 is 9.88 Å². The van der Waals surface area contributed by atoms with Crippen molar-refractivity contribution in [2.24, 2.45) is 0 Å². The van der Waals surface area contributed by atoms with Crippen LogP contribution in [-0.4, -0.2) is 34.7 Å². The molecule has 0 aliphatic heterocycles. The summed E-state index contributed by atoms with van der Waals surface area (Å²) in [5.74, 6) is -1.49. The van der Waals surface area contributed by atoms with Crippen LogP contribution >= 0.6 is 0 Å². The van der Waals surface area contributed by atoms with Gasteiger partial charge in [-0.1, -0.05) is 0 Å². The van der Waals surface area contributed by atoms with E-state index in [1.807, 2.05) is 13.8 Å². The highest BCUT2D eigenvalue weighted by Crippen LogP contribution is 2.20. The lowest BCUT2D eigenvalue weighted by Gasteiger charge is -2.17. The van der Waals surface area contributed by atoms with Gasteiger partial charge in [0, 0.05) is 30.2 Å². The Kier molecular flexibility index (Phi) is 3.64. The Morgan fingerprint density at radius 2 is 1.95 bits per heavy atom. The summed E-state index contributed by atoms with van der Waals surface area (Å²) in [6, 6.07) is 4.08. The number of hydrogen-bond acceptors (Lipinski definition) is 2. The van der Waals surface area contributed by atoms with E-state index in [4.69, 9.17) is 0 Å². The van der Waals surface area contributed by atoms with Crippen LogP contribution in [0, 0.1) is 5.82 Å². The summed E-state index contributed by atoms with van der Waals surface area (Å²) in [4.78, 5) is 28.4. The lowest BCUT2D eigenvalue weighted by atomic mass is 10.1. The van der Waals surface area contributed by atoms with Gasteiger partial charge in [0.2, 0.25) is 0 Å². The van der Waals surface area contributed by atoms with Gasteiger partial charge in [-0.2, -0.15) is 0 Å². The average molecular weight is 262 g/mol. The number of H-pyrrole nitrogens is 1. The number of nitrogens with zero attached hydrogens (tertiary/aromatic N) is 1. The lowest BCUT2D eigenvalue weighted by Crippen LogP contribution is -2.36. The number of benzene rings is 1. The topological polar surface area (TPSA) is 53.2 Å². The number of nitrogens with one attached hydrogen (secondary N) is 1. The molecule has 0 aliphatic rings. The highest BCUT2D eigenvalue weighted by atomic mass is 19.1. The predicted molar refractivity (Wildman–Crippen MR) is 70.5 cm³/mol. The summed E-state index contributed by atoms with van der Waals surface area (Å²) in [7, 11) is 0. The normalized spacial score (nSPS) is 10.7. The van der Waals surface area contributed by atoms with Crippen LogP contribution in [0.4, 0.5) is 4.39 Å². The fourth-order valence-corrected chi connectivity index (χ4v) is 2.06. The fraction of sp³-hybridized carbons (Fsp3) is 0.286. The van der Waals surface area contributed by atoms with E-state index in [0.717, 1.165) is 0 Å². The highest BCUT2D eigenvalue weighted by Gasteiger charge is 2.23. The van der Waals surface area contributed by atoms with Crippen LogP contribution in [0.3, 0.4) is 0 Å². The second kappa shape index (κ2) is 5.22. The molecule has 1 heterocycles. The molecule has 0 radical (unpaired) electrons. The molecule has 2 aromatic rings. The number of Topliss-reactive ketones (excluding diaryl/α,β-unsaturated/α-hetero) is 1. The van der Waals surface area contributed by atoms with Crippen molar-refractivity contribution in [3.05, 3.63) is 35.8 Å². The third kappa shape index (κ3) is 2.36. The molecule has 0 unspecified atom stereocenters. The molecular formula is C14H15FN2O2. The van der Waals surface area contributed by atoms with Crippen molar-refractivity contribution in [3.63, 3.8) is 0 Å². The van der Waals surface area contributed by atoms with Crippen LogP contribution in [0.15, 0.2) is 24.4 Å². The van der Waals surface area contributed by atoms with E-state index in [9.17, 15) is 14.0 Å². The van der Waals surface area contributed by atoms with E-state index >= 15 is 0 Å². The van der Waals surface area contributed by atoms with Gasteiger partial charge in [-0.05, 0) is 32.0 Å². The molecule has 0 bridgehead atoms. The molecule has 2 rings (SSSR count). The van der Waals surface area contributed by atoms with Gasteiger partial charge in [-0.25, -0.2) is 4.39 Å². The van der Waals surface area contributed by atoms with Crippen molar-refractivity contribution < 1.29 is 14.0 Å². The van der Waals surface area contributed by atoms with Crippen LogP contribution < -0.4 is 0 Å². The van der Waals surface area contributed by atoms with Crippen LogP contribution in [0.25, 0.3) is 10.9 Å². The number of carbonyl (C=O) groups is 2. The second-order valence-electron chi connectivity index (χ2n) is 4.20. The Bertz CT molecular complexity index is 629. The number of fused-ring (bicyclic) bond motifs is 1. The molecule has 1 aromatic carbocycles. The van der Waals surface area contributed by atoms with Crippen molar-refractivity contribution in [1.82, 2.24) is 9.88 Å². The van der Waals surface area contributed by atoms with Crippen LogP contribution in [-0.2, 0) is 4.79 Å². The molecule has 19 heavy (non-hydrogen) atoms. The minimum absolute atomic E-state index is 0.284. The average Bonchev–Trinajstić information content (AvgIpc) is 2.81. The van der Waals surface area contributed by atoms with E-state index in [1.54, 1.807) is 0 Å².